The molecule has 0 aromatic rings. The molecular formula is C20H37N5O7. The normalized spacial score (nSPS) is 15.9. The first kappa shape index (κ1) is 29.3. The molecule has 0 aromatic heterocycles. The maximum Gasteiger partial charge on any atom is 0.326 e. The molecule has 5 unspecified atom stereocenters. The van der Waals surface area contributed by atoms with Crippen molar-refractivity contribution in [2.45, 2.75) is 84.2 Å². The summed E-state index contributed by atoms with van der Waals surface area (Å²) in [6, 6.07) is -4.80. The zero-order valence-corrected chi connectivity index (χ0v) is 19.3. The maximum atomic E-state index is 12.8. The topological polar surface area (TPSA) is 214 Å². The van der Waals surface area contributed by atoms with E-state index < -0.39 is 65.8 Å². The van der Waals surface area contributed by atoms with Crippen molar-refractivity contribution in [2.24, 2.45) is 23.3 Å². The summed E-state index contributed by atoms with van der Waals surface area (Å²) in [6.07, 6.45) is -1.30. The number of carbonyl (C=O) groups excluding carboxylic acids is 4. The smallest absolute Gasteiger partial charge is 0.326 e. The molecule has 0 saturated carbocycles. The molecule has 5 atom stereocenters. The zero-order valence-electron chi connectivity index (χ0n) is 19.3. The summed E-state index contributed by atoms with van der Waals surface area (Å²) in [5, 5.41) is 26.5. The molecule has 0 fully saturated rings. The van der Waals surface area contributed by atoms with Crippen LogP contribution in [-0.4, -0.2) is 70.1 Å². The summed E-state index contributed by atoms with van der Waals surface area (Å²) in [7, 11) is 0. The van der Waals surface area contributed by atoms with Crippen molar-refractivity contribution >= 4 is 29.6 Å². The summed E-state index contributed by atoms with van der Waals surface area (Å²) in [5.41, 5.74) is 10.7. The molecule has 4 amide bonds. The van der Waals surface area contributed by atoms with Crippen LogP contribution in [0.5, 0.6) is 0 Å². The first-order valence-electron chi connectivity index (χ1n) is 10.5. The van der Waals surface area contributed by atoms with E-state index in [-0.39, 0.29) is 25.2 Å². The monoisotopic (exact) mass is 459 g/mol. The largest absolute Gasteiger partial charge is 0.480 e. The fourth-order valence-electron chi connectivity index (χ4n) is 2.83. The molecule has 184 valence electrons. The van der Waals surface area contributed by atoms with Gasteiger partial charge >= 0.3 is 5.97 Å². The first-order valence-corrected chi connectivity index (χ1v) is 10.5. The number of nitrogens with one attached hydrogen (secondary N) is 3. The highest BCUT2D eigenvalue weighted by Crippen LogP contribution is 2.09. The third-order valence-electron chi connectivity index (χ3n) is 4.67. The van der Waals surface area contributed by atoms with Crippen LogP contribution in [0.25, 0.3) is 0 Å². The molecule has 0 rings (SSSR count). The lowest BCUT2D eigenvalue weighted by molar-refractivity contribution is -0.143. The van der Waals surface area contributed by atoms with Crippen LogP contribution in [0.3, 0.4) is 0 Å². The number of aliphatic hydroxyl groups excluding tert-OH is 1. The zero-order chi connectivity index (χ0) is 25.2. The number of carboxylic acids is 1. The molecule has 12 nitrogen and oxygen atoms in total. The average Bonchev–Trinajstić information content (AvgIpc) is 2.65. The van der Waals surface area contributed by atoms with E-state index in [0.29, 0.717) is 0 Å². The Kier molecular flexibility index (Phi) is 12.5. The minimum absolute atomic E-state index is 0.0322. The Morgan fingerprint density at radius 1 is 0.844 bits per heavy atom. The molecule has 0 radical (unpaired) electrons. The van der Waals surface area contributed by atoms with E-state index in [0.717, 1.165) is 0 Å². The van der Waals surface area contributed by atoms with E-state index in [1.807, 2.05) is 13.8 Å². The van der Waals surface area contributed by atoms with Gasteiger partial charge in [-0.2, -0.15) is 0 Å². The molecule has 12 heteroatoms. The van der Waals surface area contributed by atoms with Gasteiger partial charge in [0.1, 0.15) is 18.1 Å². The van der Waals surface area contributed by atoms with Gasteiger partial charge in [-0.25, -0.2) is 4.79 Å². The predicted octanol–water partition coefficient (Wildman–Crippen LogP) is -1.80. The second-order valence-electron chi connectivity index (χ2n) is 8.60. The number of nitrogens with two attached hydrogens (primary N) is 2. The minimum atomic E-state index is -1.43. The van der Waals surface area contributed by atoms with Gasteiger partial charge in [0.2, 0.25) is 23.6 Å². The number of aliphatic carboxylic acids is 1. The van der Waals surface area contributed by atoms with Crippen molar-refractivity contribution in [1.82, 2.24) is 16.0 Å². The van der Waals surface area contributed by atoms with Crippen LogP contribution in [0.2, 0.25) is 0 Å². The molecule has 0 aliphatic carbocycles. The Hall–Kier alpha value is -2.73. The molecular weight excluding hydrogens is 422 g/mol. The minimum Gasteiger partial charge on any atom is -0.480 e. The highest BCUT2D eigenvalue weighted by molar-refractivity contribution is 5.94. The second-order valence-corrected chi connectivity index (χ2v) is 8.60. The molecule has 0 heterocycles. The predicted molar refractivity (Wildman–Crippen MR) is 116 cm³/mol. The summed E-state index contributed by atoms with van der Waals surface area (Å²) in [6.45, 7) is 8.17. The summed E-state index contributed by atoms with van der Waals surface area (Å²) in [5.74, 6) is -4.57. The Morgan fingerprint density at radius 3 is 1.78 bits per heavy atom. The Morgan fingerprint density at radius 2 is 1.38 bits per heavy atom. The molecule has 9 N–H and O–H groups in total. The second kappa shape index (κ2) is 13.6. The lowest BCUT2D eigenvalue weighted by Gasteiger charge is -2.27. The van der Waals surface area contributed by atoms with Crippen molar-refractivity contribution in [3.8, 4) is 0 Å². The van der Waals surface area contributed by atoms with Gasteiger partial charge in [0, 0.05) is 6.42 Å². The standard InChI is InChI=1S/C20H37N5O7/c1-9(2)8-13(18(29)24-15(10(3)4)20(31)32)23-19(30)16(11(5)26)25-17(28)12(21)6-7-14(22)27/h9-13,15-16,26H,6-8,21H2,1-5H3,(H2,22,27)(H,23,30)(H,24,29)(H,25,28)(H,31,32). The van der Waals surface area contributed by atoms with Crippen molar-refractivity contribution in [3.05, 3.63) is 0 Å². The fraction of sp³-hybridized carbons (Fsp3) is 0.750. The number of carbonyl (C=O) groups is 5. The van der Waals surface area contributed by atoms with Crippen molar-refractivity contribution in [3.63, 3.8) is 0 Å². The Bertz CT molecular complexity index is 681. The van der Waals surface area contributed by atoms with E-state index in [9.17, 15) is 34.2 Å². The molecule has 32 heavy (non-hydrogen) atoms. The van der Waals surface area contributed by atoms with Crippen LogP contribution in [0.15, 0.2) is 0 Å². The summed E-state index contributed by atoms with van der Waals surface area (Å²) >= 11 is 0. The van der Waals surface area contributed by atoms with Gasteiger partial charge in [-0.3, -0.25) is 19.2 Å². The highest BCUT2D eigenvalue weighted by Gasteiger charge is 2.33. The lowest BCUT2D eigenvalue weighted by atomic mass is 10.00. The van der Waals surface area contributed by atoms with E-state index in [2.05, 4.69) is 16.0 Å². The van der Waals surface area contributed by atoms with E-state index in [1.165, 1.54) is 6.92 Å². The molecule has 0 aliphatic rings. The number of carboxylic acid groups (broad SMARTS) is 1. The number of amides is 4. The average molecular weight is 460 g/mol. The Balaban J connectivity index is 5.39. The third kappa shape index (κ3) is 10.5. The number of aliphatic hydroxyl groups is 1. The van der Waals surface area contributed by atoms with Crippen molar-refractivity contribution in [2.75, 3.05) is 0 Å². The lowest BCUT2D eigenvalue weighted by Crippen LogP contribution is -2.60. The fourth-order valence-corrected chi connectivity index (χ4v) is 2.83. The first-order chi connectivity index (χ1) is 14.7. The highest BCUT2D eigenvalue weighted by atomic mass is 16.4. The molecule has 0 saturated heterocycles. The van der Waals surface area contributed by atoms with E-state index in [1.54, 1.807) is 13.8 Å². The number of rotatable bonds is 14. The van der Waals surface area contributed by atoms with Crippen LogP contribution >= 0.6 is 0 Å². The van der Waals surface area contributed by atoms with Gasteiger partial charge in [-0.15, -0.1) is 0 Å². The van der Waals surface area contributed by atoms with Crippen LogP contribution in [0.4, 0.5) is 0 Å². The van der Waals surface area contributed by atoms with Gasteiger partial charge in [-0.1, -0.05) is 27.7 Å². The van der Waals surface area contributed by atoms with Crippen LogP contribution in [0, 0.1) is 11.8 Å². The number of primary amides is 1. The quantitative estimate of drug-likeness (QED) is 0.157. The summed E-state index contributed by atoms with van der Waals surface area (Å²) in [4.78, 5) is 60.0. The van der Waals surface area contributed by atoms with Gasteiger partial charge in [0.05, 0.1) is 12.1 Å². The SMILES string of the molecule is CC(C)CC(NC(=O)C(NC(=O)C(N)CCC(N)=O)C(C)O)C(=O)NC(C(=O)O)C(C)C. The van der Waals surface area contributed by atoms with E-state index in [4.69, 9.17) is 11.5 Å². The van der Waals surface area contributed by atoms with Gasteiger partial charge in [0.15, 0.2) is 0 Å². The number of hydrogen-bond donors (Lipinski definition) is 7. The Labute approximate surface area is 187 Å². The van der Waals surface area contributed by atoms with Gasteiger partial charge in [-0.05, 0) is 31.6 Å². The molecule has 0 bridgehead atoms. The number of hydrogen-bond acceptors (Lipinski definition) is 7. The van der Waals surface area contributed by atoms with Crippen LogP contribution < -0.4 is 27.4 Å². The van der Waals surface area contributed by atoms with Gasteiger partial charge < -0.3 is 37.6 Å². The van der Waals surface area contributed by atoms with Crippen molar-refractivity contribution in [1.29, 1.82) is 0 Å². The summed E-state index contributed by atoms with van der Waals surface area (Å²) < 4.78 is 0. The van der Waals surface area contributed by atoms with E-state index >= 15 is 0 Å². The maximum absolute atomic E-state index is 12.8. The van der Waals surface area contributed by atoms with Crippen LogP contribution in [-0.2, 0) is 24.0 Å². The van der Waals surface area contributed by atoms with Gasteiger partial charge in [0.25, 0.3) is 0 Å². The van der Waals surface area contributed by atoms with Crippen molar-refractivity contribution < 1.29 is 34.2 Å². The molecule has 0 spiro atoms. The molecule has 0 aromatic carbocycles. The third-order valence-corrected chi connectivity index (χ3v) is 4.67. The molecule has 0 aliphatic heterocycles. The van der Waals surface area contributed by atoms with Crippen LogP contribution in [0.1, 0.15) is 53.9 Å².